The molecule has 0 fully saturated rings. The van der Waals surface area contributed by atoms with Gasteiger partial charge in [0.15, 0.2) is 5.79 Å². The highest BCUT2D eigenvalue weighted by Gasteiger charge is 2.35. The van der Waals surface area contributed by atoms with Gasteiger partial charge in [0.25, 0.3) is 0 Å². The molecular formula is C22H37FO2. The van der Waals surface area contributed by atoms with Crippen LogP contribution in [0.15, 0.2) is 24.3 Å². The summed E-state index contributed by atoms with van der Waals surface area (Å²) in [5.41, 5.74) is 1.14. The first-order valence-electron chi connectivity index (χ1n) is 10.1. The predicted octanol–water partition coefficient (Wildman–Crippen LogP) is 6.52. The van der Waals surface area contributed by atoms with Gasteiger partial charge in [-0.15, -0.1) is 0 Å². The zero-order chi connectivity index (χ0) is 18.5. The molecule has 0 aliphatic carbocycles. The quantitative estimate of drug-likeness (QED) is 0.280. The summed E-state index contributed by atoms with van der Waals surface area (Å²) in [6.45, 7) is 9.59. The second-order valence-electron chi connectivity index (χ2n) is 6.97. The van der Waals surface area contributed by atoms with Crippen molar-refractivity contribution in [3.63, 3.8) is 0 Å². The molecule has 0 radical (unpaired) electrons. The SMILES string of the molecule is CCCCCCCCC(Cc1ccc(F)cc1)C(C)(OCC)OCC. The third kappa shape index (κ3) is 8.33. The summed E-state index contributed by atoms with van der Waals surface area (Å²) in [7, 11) is 0. The molecule has 0 spiro atoms. The molecule has 0 bridgehead atoms. The van der Waals surface area contributed by atoms with Crippen LogP contribution >= 0.6 is 0 Å². The van der Waals surface area contributed by atoms with E-state index in [1.54, 1.807) is 0 Å². The number of hydrogen-bond donors (Lipinski definition) is 0. The Morgan fingerprint density at radius 1 is 0.880 bits per heavy atom. The Morgan fingerprint density at radius 3 is 2.00 bits per heavy atom. The van der Waals surface area contributed by atoms with Crippen LogP contribution in [-0.2, 0) is 15.9 Å². The van der Waals surface area contributed by atoms with E-state index in [0.717, 1.165) is 18.4 Å². The second-order valence-corrected chi connectivity index (χ2v) is 6.97. The van der Waals surface area contributed by atoms with Gasteiger partial charge in [-0.2, -0.15) is 0 Å². The first-order chi connectivity index (χ1) is 12.1. The fourth-order valence-corrected chi connectivity index (χ4v) is 3.48. The Bertz CT molecular complexity index is 438. The van der Waals surface area contributed by atoms with E-state index in [9.17, 15) is 4.39 Å². The van der Waals surface area contributed by atoms with E-state index in [1.165, 1.54) is 50.7 Å². The average molecular weight is 353 g/mol. The summed E-state index contributed by atoms with van der Waals surface area (Å²) in [6, 6.07) is 6.83. The first kappa shape index (κ1) is 22.1. The highest BCUT2D eigenvalue weighted by atomic mass is 19.1. The van der Waals surface area contributed by atoms with Gasteiger partial charge < -0.3 is 9.47 Å². The van der Waals surface area contributed by atoms with E-state index in [2.05, 4.69) is 13.8 Å². The zero-order valence-corrected chi connectivity index (χ0v) is 16.7. The number of halogens is 1. The lowest BCUT2D eigenvalue weighted by Crippen LogP contribution is -2.42. The van der Waals surface area contributed by atoms with Crippen molar-refractivity contribution in [2.75, 3.05) is 13.2 Å². The van der Waals surface area contributed by atoms with Crippen molar-refractivity contribution in [1.82, 2.24) is 0 Å². The molecule has 0 saturated heterocycles. The molecule has 1 atom stereocenters. The van der Waals surface area contributed by atoms with Crippen LogP contribution in [0, 0.1) is 11.7 Å². The highest BCUT2D eigenvalue weighted by Crippen LogP contribution is 2.32. The van der Waals surface area contributed by atoms with Crippen LogP contribution in [0.1, 0.15) is 78.2 Å². The summed E-state index contributed by atoms with van der Waals surface area (Å²) in [4.78, 5) is 0. The van der Waals surface area contributed by atoms with E-state index in [1.807, 2.05) is 26.0 Å². The highest BCUT2D eigenvalue weighted by molar-refractivity contribution is 5.17. The monoisotopic (exact) mass is 352 g/mol. The molecular weight excluding hydrogens is 315 g/mol. The van der Waals surface area contributed by atoms with Gasteiger partial charge in [0.2, 0.25) is 0 Å². The van der Waals surface area contributed by atoms with Crippen molar-refractivity contribution in [2.24, 2.45) is 5.92 Å². The number of hydrogen-bond acceptors (Lipinski definition) is 2. The molecule has 1 aromatic rings. The summed E-state index contributed by atoms with van der Waals surface area (Å²) >= 11 is 0. The predicted molar refractivity (Wildman–Crippen MR) is 103 cm³/mol. The Balaban J connectivity index is 2.72. The maximum absolute atomic E-state index is 13.2. The number of rotatable bonds is 14. The molecule has 25 heavy (non-hydrogen) atoms. The third-order valence-corrected chi connectivity index (χ3v) is 4.90. The van der Waals surface area contributed by atoms with Gasteiger partial charge in [-0.1, -0.05) is 57.6 Å². The molecule has 0 aromatic heterocycles. The zero-order valence-electron chi connectivity index (χ0n) is 16.7. The van der Waals surface area contributed by atoms with Crippen molar-refractivity contribution in [1.29, 1.82) is 0 Å². The molecule has 0 N–H and O–H groups in total. The number of unbranched alkanes of at least 4 members (excludes halogenated alkanes) is 5. The summed E-state index contributed by atoms with van der Waals surface area (Å²) in [5, 5.41) is 0. The Labute approximate surface area is 154 Å². The van der Waals surface area contributed by atoms with E-state index >= 15 is 0 Å². The smallest absolute Gasteiger partial charge is 0.168 e. The fraction of sp³-hybridized carbons (Fsp3) is 0.727. The lowest BCUT2D eigenvalue weighted by molar-refractivity contribution is -0.253. The van der Waals surface area contributed by atoms with Crippen molar-refractivity contribution in [3.8, 4) is 0 Å². The van der Waals surface area contributed by atoms with Gasteiger partial charge in [0, 0.05) is 19.1 Å². The average Bonchev–Trinajstić information content (AvgIpc) is 2.59. The van der Waals surface area contributed by atoms with E-state index in [0.29, 0.717) is 13.2 Å². The van der Waals surface area contributed by atoms with Crippen molar-refractivity contribution >= 4 is 0 Å². The van der Waals surface area contributed by atoms with Crippen LogP contribution in [0.5, 0.6) is 0 Å². The van der Waals surface area contributed by atoms with Crippen molar-refractivity contribution < 1.29 is 13.9 Å². The maximum atomic E-state index is 13.2. The summed E-state index contributed by atoms with van der Waals surface area (Å²) < 4.78 is 25.3. The number of benzene rings is 1. The lowest BCUT2D eigenvalue weighted by Gasteiger charge is -2.37. The topological polar surface area (TPSA) is 18.5 Å². The van der Waals surface area contributed by atoms with Gasteiger partial charge in [0.05, 0.1) is 0 Å². The Morgan fingerprint density at radius 2 is 1.44 bits per heavy atom. The second kappa shape index (κ2) is 12.4. The Kier molecular flexibility index (Phi) is 11.0. The minimum atomic E-state index is -0.582. The molecule has 1 unspecified atom stereocenters. The standard InChI is InChI=1S/C22H37FO2/c1-5-8-9-10-11-12-13-20(22(4,24-6-2)25-7-3)18-19-14-16-21(23)17-15-19/h14-17,20H,5-13,18H2,1-4H3. The normalized spacial score (nSPS) is 13.2. The van der Waals surface area contributed by atoms with Gasteiger partial charge in [-0.3, -0.25) is 0 Å². The maximum Gasteiger partial charge on any atom is 0.168 e. The van der Waals surface area contributed by atoms with Crippen molar-refractivity contribution in [2.45, 2.75) is 84.8 Å². The van der Waals surface area contributed by atoms with Gasteiger partial charge in [-0.05, 0) is 51.3 Å². The van der Waals surface area contributed by atoms with E-state index < -0.39 is 5.79 Å². The van der Waals surface area contributed by atoms with Gasteiger partial charge in [-0.25, -0.2) is 4.39 Å². The van der Waals surface area contributed by atoms with Crippen LogP contribution in [0.3, 0.4) is 0 Å². The molecule has 0 aliphatic rings. The van der Waals surface area contributed by atoms with Gasteiger partial charge >= 0.3 is 0 Å². The molecule has 144 valence electrons. The molecule has 0 aliphatic heterocycles. The number of ether oxygens (including phenoxy) is 2. The molecule has 1 aromatic carbocycles. The fourth-order valence-electron chi connectivity index (χ4n) is 3.48. The third-order valence-electron chi connectivity index (χ3n) is 4.90. The minimum Gasteiger partial charge on any atom is -0.350 e. The van der Waals surface area contributed by atoms with E-state index in [4.69, 9.17) is 9.47 Å². The first-order valence-corrected chi connectivity index (χ1v) is 10.1. The Hall–Kier alpha value is -0.930. The summed E-state index contributed by atoms with van der Waals surface area (Å²) in [5.74, 6) is -0.501. The van der Waals surface area contributed by atoms with Crippen LogP contribution in [-0.4, -0.2) is 19.0 Å². The molecule has 0 heterocycles. The minimum absolute atomic E-state index is 0.186. The summed E-state index contributed by atoms with van der Waals surface area (Å²) in [6.07, 6.45) is 9.60. The largest absolute Gasteiger partial charge is 0.350 e. The van der Waals surface area contributed by atoms with Crippen LogP contribution < -0.4 is 0 Å². The van der Waals surface area contributed by atoms with Crippen LogP contribution in [0.4, 0.5) is 4.39 Å². The van der Waals surface area contributed by atoms with E-state index in [-0.39, 0.29) is 11.7 Å². The van der Waals surface area contributed by atoms with Crippen molar-refractivity contribution in [3.05, 3.63) is 35.6 Å². The molecule has 0 saturated carbocycles. The van der Waals surface area contributed by atoms with Gasteiger partial charge in [0.1, 0.15) is 5.82 Å². The molecule has 3 heteroatoms. The lowest BCUT2D eigenvalue weighted by atomic mass is 9.87. The molecule has 1 rings (SSSR count). The van der Waals surface area contributed by atoms with Crippen LogP contribution in [0.25, 0.3) is 0 Å². The molecule has 0 amide bonds. The molecule has 2 nitrogen and oxygen atoms in total. The van der Waals surface area contributed by atoms with Crippen LogP contribution in [0.2, 0.25) is 0 Å².